The largest absolute Gasteiger partial charge is 0.497 e. The predicted octanol–water partition coefficient (Wildman–Crippen LogP) is 4.07. The van der Waals surface area contributed by atoms with E-state index in [2.05, 4.69) is 27.2 Å². The number of carbonyl (C=O) groups excluding carboxylic acids is 1. The van der Waals surface area contributed by atoms with E-state index in [0.717, 1.165) is 44.0 Å². The van der Waals surface area contributed by atoms with E-state index >= 15 is 0 Å². The fourth-order valence-corrected chi connectivity index (χ4v) is 3.71. The Kier molecular flexibility index (Phi) is 7.18. The molecule has 0 aliphatic carbocycles. The van der Waals surface area contributed by atoms with E-state index in [1.807, 2.05) is 25.1 Å². The minimum absolute atomic E-state index is 0.0991. The number of anilines is 1. The van der Waals surface area contributed by atoms with Crippen molar-refractivity contribution in [2.75, 3.05) is 45.2 Å². The second-order valence-corrected chi connectivity index (χ2v) is 7.79. The summed E-state index contributed by atoms with van der Waals surface area (Å²) >= 11 is 12.4. The molecule has 3 rings (SSSR count). The van der Waals surface area contributed by atoms with Crippen LogP contribution in [0, 0.1) is 6.92 Å². The van der Waals surface area contributed by atoms with Gasteiger partial charge in [0.1, 0.15) is 5.75 Å². The first-order valence-electron chi connectivity index (χ1n) is 9.28. The predicted molar refractivity (Wildman–Crippen MR) is 115 cm³/mol. The smallest absolute Gasteiger partial charge is 0.238 e. The molecule has 0 aromatic heterocycles. The second-order valence-electron chi connectivity index (χ2n) is 7.00. The van der Waals surface area contributed by atoms with Gasteiger partial charge in [0.2, 0.25) is 5.91 Å². The van der Waals surface area contributed by atoms with Crippen LogP contribution in [0.5, 0.6) is 5.75 Å². The average Bonchev–Trinajstić information content (AvgIpc) is 2.70. The summed E-state index contributed by atoms with van der Waals surface area (Å²) in [5.74, 6) is 0.770. The summed E-state index contributed by atoms with van der Waals surface area (Å²) in [6.07, 6.45) is 0. The molecule has 0 bridgehead atoms. The van der Waals surface area contributed by atoms with Crippen molar-refractivity contribution in [3.05, 3.63) is 57.6 Å². The molecule has 0 unspecified atom stereocenters. The Morgan fingerprint density at radius 2 is 1.68 bits per heavy atom. The van der Waals surface area contributed by atoms with Crippen molar-refractivity contribution in [3.63, 3.8) is 0 Å². The monoisotopic (exact) mass is 421 g/mol. The van der Waals surface area contributed by atoms with Gasteiger partial charge in [-0.3, -0.25) is 14.6 Å². The molecule has 7 heteroatoms. The van der Waals surface area contributed by atoms with Gasteiger partial charge in [-0.15, -0.1) is 0 Å². The van der Waals surface area contributed by atoms with Crippen LogP contribution in [-0.2, 0) is 11.3 Å². The molecular formula is C21H25Cl2N3O2. The quantitative estimate of drug-likeness (QED) is 0.763. The minimum atomic E-state index is -0.0991. The summed E-state index contributed by atoms with van der Waals surface area (Å²) in [6, 6.07) is 11.7. The molecule has 1 amide bonds. The number of piperazine rings is 1. The average molecular weight is 422 g/mol. The maximum Gasteiger partial charge on any atom is 0.238 e. The number of benzene rings is 2. The van der Waals surface area contributed by atoms with E-state index in [1.54, 1.807) is 13.2 Å². The van der Waals surface area contributed by atoms with Gasteiger partial charge >= 0.3 is 0 Å². The minimum Gasteiger partial charge on any atom is -0.497 e. The molecule has 1 aliphatic heterocycles. The Bertz CT molecular complexity index is 819. The molecule has 1 saturated heterocycles. The molecule has 1 heterocycles. The molecule has 0 atom stereocenters. The number of halogens is 2. The number of amides is 1. The lowest BCUT2D eigenvalue weighted by atomic mass is 10.2. The zero-order valence-corrected chi connectivity index (χ0v) is 17.7. The van der Waals surface area contributed by atoms with Crippen LogP contribution in [0.2, 0.25) is 10.0 Å². The SMILES string of the molecule is COc1ccc(CN2CCN(CC(=O)Nc3c(Cl)ccc(C)c3Cl)CC2)cc1. The van der Waals surface area contributed by atoms with Crippen molar-refractivity contribution in [2.24, 2.45) is 0 Å². The molecule has 150 valence electrons. The van der Waals surface area contributed by atoms with Crippen LogP contribution in [0.3, 0.4) is 0 Å². The number of hydrogen-bond donors (Lipinski definition) is 1. The molecular weight excluding hydrogens is 397 g/mol. The first kappa shape index (κ1) is 20.9. The third kappa shape index (κ3) is 5.39. The van der Waals surface area contributed by atoms with Gasteiger partial charge in [0.25, 0.3) is 0 Å². The van der Waals surface area contributed by atoms with Crippen LogP contribution in [0.15, 0.2) is 36.4 Å². The fraction of sp³-hybridized carbons (Fsp3) is 0.381. The van der Waals surface area contributed by atoms with Gasteiger partial charge in [-0.1, -0.05) is 41.4 Å². The van der Waals surface area contributed by atoms with Crippen molar-refractivity contribution < 1.29 is 9.53 Å². The molecule has 1 N–H and O–H groups in total. The highest BCUT2D eigenvalue weighted by atomic mass is 35.5. The van der Waals surface area contributed by atoms with Gasteiger partial charge in [0.15, 0.2) is 0 Å². The summed E-state index contributed by atoms with van der Waals surface area (Å²) in [5, 5.41) is 3.80. The van der Waals surface area contributed by atoms with Crippen molar-refractivity contribution in [3.8, 4) is 5.75 Å². The van der Waals surface area contributed by atoms with Gasteiger partial charge in [-0.2, -0.15) is 0 Å². The zero-order chi connectivity index (χ0) is 20.1. The number of ether oxygens (including phenoxy) is 1. The molecule has 5 nitrogen and oxygen atoms in total. The van der Waals surface area contributed by atoms with Crippen LogP contribution in [0.1, 0.15) is 11.1 Å². The number of aryl methyl sites for hydroxylation is 1. The highest BCUT2D eigenvalue weighted by Crippen LogP contribution is 2.32. The maximum atomic E-state index is 12.4. The Hall–Kier alpha value is -1.79. The Labute approximate surface area is 176 Å². The zero-order valence-electron chi connectivity index (χ0n) is 16.2. The van der Waals surface area contributed by atoms with Gasteiger partial charge < -0.3 is 10.1 Å². The highest BCUT2D eigenvalue weighted by molar-refractivity contribution is 6.40. The van der Waals surface area contributed by atoms with Crippen LogP contribution in [-0.4, -0.2) is 55.5 Å². The van der Waals surface area contributed by atoms with E-state index in [4.69, 9.17) is 27.9 Å². The Morgan fingerprint density at radius 1 is 1.04 bits per heavy atom. The van der Waals surface area contributed by atoms with Crippen molar-refractivity contribution in [1.29, 1.82) is 0 Å². The third-order valence-electron chi connectivity index (χ3n) is 4.95. The summed E-state index contributed by atoms with van der Waals surface area (Å²) in [7, 11) is 1.67. The molecule has 1 aliphatic rings. The van der Waals surface area contributed by atoms with Gasteiger partial charge in [-0.05, 0) is 36.2 Å². The molecule has 2 aromatic rings. The summed E-state index contributed by atoms with van der Waals surface area (Å²) in [6.45, 7) is 6.65. The second kappa shape index (κ2) is 9.61. The summed E-state index contributed by atoms with van der Waals surface area (Å²) < 4.78 is 5.20. The van der Waals surface area contributed by atoms with E-state index < -0.39 is 0 Å². The Morgan fingerprint density at radius 3 is 2.32 bits per heavy atom. The number of nitrogens with one attached hydrogen (secondary N) is 1. The van der Waals surface area contributed by atoms with Gasteiger partial charge in [-0.25, -0.2) is 0 Å². The molecule has 1 fully saturated rings. The van der Waals surface area contributed by atoms with Gasteiger partial charge in [0, 0.05) is 32.7 Å². The van der Waals surface area contributed by atoms with E-state index in [0.29, 0.717) is 22.3 Å². The number of methoxy groups -OCH3 is 1. The molecule has 0 radical (unpaired) electrons. The Balaban J connectivity index is 1.47. The summed E-state index contributed by atoms with van der Waals surface area (Å²) in [4.78, 5) is 17.0. The van der Waals surface area contributed by atoms with Crippen molar-refractivity contribution >= 4 is 34.8 Å². The number of nitrogens with zero attached hydrogens (tertiary/aromatic N) is 2. The normalized spacial score (nSPS) is 15.4. The lowest BCUT2D eigenvalue weighted by Gasteiger charge is -2.34. The first-order chi connectivity index (χ1) is 13.5. The van der Waals surface area contributed by atoms with Crippen molar-refractivity contribution in [2.45, 2.75) is 13.5 Å². The lowest BCUT2D eigenvalue weighted by Crippen LogP contribution is -2.48. The van der Waals surface area contributed by atoms with Crippen molar-refractivity contribution in [1.82, 2.24) is 9.80 Å². The van der Waals surface area contributed by atoms with Crippen LogP contribution in [0.25, 0.3) is 0 Å². The highest BCUT2D eigenvalue weighted by Gasteiger charge is 2.20. The van der Waals surface area contributed by atoms with Gasteiger partial charge in [0.05, 0.1) is 29.4 Å². The standard InChI is InChI=1S/C21H25Cl2N3O2/c1-15-3-8-18(22)21(20(15)23)24-19(27)14-26-11-9-25(10-12-26)13-16-4-6-17(28-2)7-5-16/h3-8H,9-14H2,1-2H3,(H,24,27). The third-order valence-corrected chi connectivity index (χ3v) is 5.75. The van der Waals surface area contributed by atoms with E-state index in [1.165, 1.54) is 5.56 Å². The fourth-order valence-electron chi connectivity index (χ4n) is 3.25. The topological polar surface area (TPSA) is 44.8 Å². The maximum absolute atomic E-state index is 12.4. The molecule has 2 aromatic carbocycles. The number of carbonyl (C=O) groups is 1. The molecule has 0 spiro atoms. The molecule has 0 saturated carbocycles. The van der Waals surface area contributed by atoms with Crippen LogP contribution < -0.4 is 10.1 Å². The molecule has 28 heavy (non-hydrogen) atoms. The lowest BCUT2D eigenvalue weighted by molar-refractivity contribution is -0.117. The van der Waals surface area contributed by atoms with Crippen LogP contribution >= 0.6 is 23.2 Å². The van der Waals surface area contributed by atoms with E-state index in [-0.39, 0.29) is 5.91 Å². The first-order valence-corrected chi connectivity index (χ1v) is 10.0. The number of hydrogen-bond acceptors (Lipinski definition) is 4. The van der Waals surface area contributed by atoms with E-state index in [9.17, 15) is 4.79 Å². The number of rotatable bonds is 6. The summed E-state index contributed by atoms with van der Waals surface area (Å²) in [5.41, 5.74) is 2.63. The van der Waals surface area contributed by atoms with Crippen LogP contribution in [0.4, 0.5) is 5.69 Å².